The van der Waals surface area contributed by atoms with Crippen LogP contribution in [0, 0.1) is 5.92 Å². The molecule has 0 unspecified atom stereocenters. The van der Waals surface area contributed by atoms with Crippen molar-refractivity contribution < 1.29 is 27.8 Å². The van der Waals surface area contributed by atoms with E-state index >= 15 is 0 Å². The maximum absolute atomic E-state index is 12.9. The van der Waals surface area contributed by atoms with Gasteiger partial charge in [0.05, 0.1) is 18.9 Å². The molecule has 0 N–H and O–H groups in total. The largest absolute Gasteiger partial charge is 0.489 e. The number of aromatic nitrogens is 2. The summed E-state index contributed by atoms with van der Waals surface area (Å²) in [5, 5.41) is 1.82. The molecule has 0 radical (unpaired) electrons. The second-order valence-corrected chi connectivity index (χ2v) is 7.91. The zero-order valence-electron chi connectivity index (χ0n) is 17.5. The van der Waals surface area contributed by atoms with Crippen LogP contribution in [0.15, 0.2) is 29.8 Å². The van der Waals surface area contributed by atoms with E-state index < -0.39 is 12.6 Å². The van der Waals surface area contributed by atoms with Crippen LogP contribution in [0.2, 0.25) is 0 Å². The van der Waals surface area contributed by atoms with Crippen LogP contribution in [0.4, 0.5) is 8.78 Å². The number of carbonyl (C=O) groups is 1. The lowest BCUT2D eigenvalue weighted by atomic mass is 10.1. The highest BCUT2D eigenvalue weighted by atomic mass is 32.1. The molecule has 0 saturated carbocycles. The van der Waals surface area contributed by atoms with Gasteiger partial charge < -0.3 is 14.2 Å². The Bertz CT molecular complexity index is 1060. The number of imidazole rings is 1. The number of hydrogen-bond acceptors (Lipinski definition) is 6. The van der Waals surface area contributed by atoms with Crippen LogP contribution in [0.25, 0.3) is 17.1 Å². The molecule has 0 bridgehead atoms. The number of ether oxygens (including phenoxy) is 3. The molecule has 0 aliphatic carbocycles. The number of esters is 1. The molecule has 0 aliphatic rings. The second kappa shape index (κ2) is 10.4. The van der Waals surface area contributed by atoms with Crippen LogP contribution in [-0.2, 0) is 4.74 Å². The Kier molecular flexibility index (Phi) is 7.62. The minimum Gasteiger partial charge on any atom is -0.489 e. The quantitative estimate of drug-likeness (QED) is 0.367. The number of nitrogens with zero attached hydrogens (tertiary/aromatic N) is 2. The third-order valence-corrected chi connectivity index (χ3v) is 5.10. The van der Waals surface area contributed by atoms with Crippen molar-refractivity contribution in [3.8, 4) is 11.5 Å². The molecule has 3 rings (SSSR count). The predicted molar refractivity (Wildman–Crippen MR) is 116 cm³/mol. The summed E-state index contributed by atoms with van der Waals surface area (Å²) in [6.45, 7) is 3.45. The minimum absolute atomic E-state index is 0.0441. The fourth-order valence-corrected chi connectivity index (χ4v) is 3.61. The summed E-state index contributed by atoms with van der Waals surface area (Å²) in [6.07, 6.45) is 5.81. The molecule has 0 spiro atoms. The molecule has 2 aromatic heterocycles. The third-order valence-electron chi connectivity index (χ3n) is 4.35. The van der Waals surface area contributed by atoms with Gasteiger partial charge in [-0.1, -0.05) is 26.0 Å². The van der Waals surface area contributed by atoms with Gasteiger partial charge in [-0.15, -0.1) is 11.3 Å². The molecule has 6 nitrogen and oxygen atoms in total. The van der Waals surface area contributed by atoms with Crippen LogP contribution in [-0.4, -0.2) is 35.2 Å². The zero-order valence-corrected chi connectivity index (χ0v) is 18.3. The number of fused-ring (bicyclic) bond motifs is 1. The van der Waals surface area contributed by atoms with E-state index in [1.165, 1.54) is 17.4 Å². The molecule has 0 amide bonds. The Balaban J connectivity index is 1.97. The van der Waals surface area contributed by atoms with Crippen LogP contribution >= 0.6 is 11.3 Å². The van der Waals surface area contributed by atoms with E-state index in [9.17, 15) is 13.6 Å². The Morgan fingerprint density at radius 2 is 2.10 bits per heavy atom. The molecule has 9 heteroatoms. The summed E-state index contributed by atoms with van der Waals surface area (Å²) >= 11 is 1.39. The van der Waals surface area contributed by atoms with Crippen molar-refractivity contribution in [1.82, 2.24) is 9.38 Å². The predicted octanol–water partition coefficient (Wildman–Crippen LogP) is 5.77. The first-order valence-corrected chi connectivity index (χ1v) is 10.8. The summed E-state index contributed by atoms with van der Waals surface area (Å²) in [7, 11) is 0. The molecular formula is C22H24F2N2O4S. The van der Waals surface area contributed by atoms with E-state index in [4.69, 9.17) is 9.47 Å². The molecule has 0 aliphatic heterocycles. The lowest BCUT2D eigenvalue weighted by Crippen LogP contribution is -2.09. The minimum atomic E-state index is -2.97. The molecule has 31 heavy (non-hydrogen) atoms. The van der Waals surface area contributed by atoms with Gasteiger partial charge in [0.2, 0.25) is 0 Å². The van der Waals surface area contributed by atoms with E-state index in [0.29, 0.717) is 34.4 Å². The Labute approximate surface area is 183 Å². The fraction of sp³-hybridized carbons (Fsp3) is 0.364. The number of alkyl halides is 2. The zero-order chi connectivity index (χ0) is 22.4. The Morgan fingerprint density at radius 1 is 1.29 bits per heavy atom. The fourth-order valence-electron chi connectivity index (χ4n) is 2.89. The number of carbonyl (C=O) groups excluding carboxylic acids is 1. The van der Waals surface area contributed by atoms with Gasteiger partial charge in [0.15, 0.2) is 22.2 Å². The molecule has 0 saturated heterocycles. The third kappa shape index (κ3) is 5.61. The summed E-state index contributed by atoms with van der Waals surface area (Å²) in [4.78, 5) is 17.6. The number of para-hydroxylation sites is 1. The SMILES string of the molecule is CCOC(=O)c1c(/C=C/c2cccc(OC(F)F)c2OCCC(C)C)nc2sccn12. The van der Waals surface area contributed by atoms with Gasteiger partial charge >= 0.3 is 12.6 Å². The maximum atomic E-state index is 12.9. The molecule has 0 atom stereocenters. The molecule has 166 valence electrons. The van der Waals surface area contributed by atoms with Crippen molar-refractivity contribution in [2.45, 2.75) is 33.8 Å². The number of hydrogen-bond donors (Lipinski definition) is 0. The van der Waals surface area contributed by atoms with Gasteiger partial charge in [-0.2, -0.15) is 8.78 Å². The van der Waals surface area contributed by atoms with Crippen LogP contribution in [0.3, 0.4) is 0 Å². The first-order valence-electron chi connectivity index (χ1n) is 9.92. The molecule has 1 aromatic carbocycles. The highest BCUT2D eigenvalue weighted by Crippen LogP contribution is 2.34. The van der Waals surface area contributed by atoms with E-state index in [2.05, 4.69) is 9.72 Å². The highest BCUT2D eigenvalue weighted by molar-refractivity contribution is 7.15. The van der Waals surface area contributed by atoms with Gasteiger partial charge in [-0.25, -0.2) is 9.78 Å². The average molecular weight is 451 g/mol. The Hall–Kier alpha value is -2.94. The normalized spacial score (nSPS) is 11.7. The molecule has 0 fully saturated rings. The number of benzene rings is 1. The van der Waals surface area contributed by atoms with Gasteiger partial charge in [0.1, 0.15) is 0 Å². The maximum Gasteiger partial charge on any atom is 0.387 e. The van der Waals surface area contributed by atoms with Gasteiger partial charge in [0.25, 0.3) is 0 Å². The van der Waals surface area contributed by atoms with Crippen LogP contribution in [0.5, 0.6) is 11.5 Å². The van der Waals surface area contributed by atoms with E-state index in [-0.39, 0.29) is 18.1 Å². The summed E-state index contributed by atoms with van der Waals surface area (Å²) in [5.74, 6) is 0.0831. The lowest BCUT2D eigenvalue weighted by Gasteiger charge is -2.15. The standard InChI is InChI=1S/C22H24F2N2O4S/c1-4-28-20(27)18-16(25-22-26(18)11-13-31-22)9-8-15-6-5-7-17(30-21(23)24)19(15)29-12-10-14(2)3/h5-9,11,13-14,21H,4,10,12H2,1-3H3/b9-8+. The highest BCUT2D eigenvalue weighted by Gasteiger charge is 2.20. The van der Waals surface area contributed by atoms with E-state index in [1.807, 2.05) is 19.2 Å². The van der Waals surface area contributed by atoms with Gasteiger partial charge in [-0.3, -0.25) is 4.40 Å². The first kappa shape index (κ1) is 22.7. The van der Waals surface area contributed by atoms with Crippen molar-refractivity contribution in [3.05, 3.63) is 46.7 Å². The molecule has 2 heterocycles. The Morgan fingerprint density at radius 3 is 2.81 bits per heavy atom. The van der Waals surface area contributed by atoms with Crippen molar-refractivity contribution in [3.63, 3.8) is 0 Å². The summed E-state index contributed by atoms with van der Waals surface area (Å²) in [6, 6.07) is 4.76. The van der Waals surface area contributed by atoms with Crippen molar-refractivity contribution in [2.24, 2.45) is 5.92 Å². The summed E-state index contributed by atoms with van der Waals surface area (Å²) < 4.78 is 43.0. The summed E-state index contributed by atoms with van der Waals surface area (Å²) in [5.41, 5.74) is 1.25. The van der Waals surface area contributed by atoms with Crippen molar-refractivity contribution in [2.75, 3.05) is 13.2 Å². The van der Waals surface area contributed by atoms with E-state index in [0.717, 1.165) is 6.42 Å². The number of rotatable bonds is 10. The average Bonchev–Trinajstić information content (AvgIpc) is 3.28. The smallest absolute Gasteiger partial charge is 0.387 e. The monoisotopic (exact) mass is 450 g/mol. The number of halogens is 2. The van der Waals surface area contributed by atoms with Crippen molar-refractivity contribution in [1.29, 1.82) is 0 Å². The van der Waals surface area contributed by atoms with Crippen LogP contribution in [0.1, 0.15) is 48.9 Å². The first-order chi connectivity index (χ1) is 14.9. The molecule has 3 aromatic rings. The lowest BCUT2D eigenvalue weighted by molar-refractivity contribution is -0.0515. The van der Waals surface area contributed by atoms with E-state index in [1.54, 1.807) is 41.8 Å². The van der Waals surface area contributed by atoms with Gasteiger partial charge in [0, 0.05) is 17.1 Å². The number of thiazole rings is 1. The van der Waals surface area contributed by atoms with Gasteiger partial charge in [-0.05, 0) is 37.5 Å². The van der Waals surface area contributed by atoms with Crippen molar-refractivity contribution >= 4 is 34.4 Å². The van der Waals surface area contributed by atoms with Crippen LogP contribution < -0.4 is 9.47 Å². The second-order valence-electron chi connectivity index (χ2n) is 7.04. The molecular weight excluding hydrogens is 426 g/mol. The topological polar surface area (TPSA) is 62.1 Å².